The summed E-state index contributed by atoms with van der Waals surface area (Å²) in [5, 5.41) is 3.80. The van der Waals surface area contributed by atoms with Crippen molar-refractivity contribution in [3.05, 3.63) is 63.1 Å². The summed E-state index contributed by atoms with van der Waals surface area (Å²) >= 11 is 12.1. The maximum atomic E-state index is 13.1. The maximum absolute atomic E-state index is 13.1. The van der Waals surface area contributed by atoms with Crippen LogP contribution in [-0.4, -0.2) is 37.7 Å². The molecular weight excluding hydrogens is 469 g/mol. The number of alkyl halides is 6. The van der Waals surface area contributed by atoms with Crippen LogP contribution < -0.4 is 10.1 Å². The fourth-order valence-electron chi connectivity index (χ4n) is 3.31. The minimum absolute atomic E-state index is 0.0691. The van der Waals surface area contributed by atoms with Gasteiger partial charge in [0.05, 0.1) is 27.2 Å². The molecule has 0 amide bonds. The van der Waals surface area contributed by atoms with Crippen molar-refractivity contribution in [3.8, 4) is 5.75 Å². The zero-order valence-electron chi connectivity index (χ0n) is 16.0. The largest absolute Gasteiger partial charge is 0.492 e. The maximum Gasteiger partial charge on any atom is 0.416 e. The Morgan fingerprint density at radius 1 is 0.871 bits per heavy atom. The molecule has 11 heteroatoms. The summed E-state index contributed by atoms with van der Waals surface area (Å²) in [6.45, 7) is 2.42. The minimum Gasteiger partial charge on any atom is -0.492 e. The molecule has 0 bridgehead atoms. The Bertz CT molecular complexity index is 881. The first-order valence-corrected chi connectivity index (χ1v) is 10.0. The summed E-state index contributed by atoms with van der Waals surface area (Å²) in [7, 11) is 0. The van der Waals surface area contributed by atoms with Crippen molar-refractivity contribution in [2.45, 2.75) is 18.4 Å². The van der Waals surface area contributed by atoms with Crippen molar-refractivity contribution < 1.29 is 31.1 Å². The van der Waals surface area contributed by atoms with Crippen LogP contribution in [0.15, 0.2) is 36.4 Å². The molecule has 1 atom stereocenters. The smallest absolute Gasteiger partial charge is 0.416 e. The van der Waals surface area contributed by atoms with Gasteiger partial charge in [-0.1, -0.05) is 29.3 Å². The van der Waals surface area contributed by atoms with E-state index in [1.54, 1.807) is 18.2 Å². The molecule has 3 rings (SSSR count). The third-order valence-electron chi connectivity index (χ3n) is 4.89. The second-order valence-electron chi connectivity index (χ2n) is 7.03. The zero-order valence-corrected chi connectivity index (χ0v) is 17.5. The zero-order chi connectivity index (χ0) is 22.8. The molecule has 0 aliphatic carbocycles. The molecule has 1 aliphatic rings. The quantitative estimate of drug-likeness (QED) is 0.520. The molecule has 1 heterocycles. The molecule has 2 aromatic rings. The van der Waals surface area contributed by atoms with Crippen LogP contribution in [0.25, 0.3) is 0 Å². The van der Waals surface area contributed by atoms with Crippen LogP contribution in [0.5, 0.6) is 5.75 Å². The number of hydrogen-bond acceptors (Lipinski definition) is 3. The minimum atomic E-state index is -4.94. The lowest BCUT2D eigenvalue weighted by molar-refractivity contribution is -0.143. The number of ether oxygens (including phenoxy) is 1. The van der Waals surface area contributed by atoms with E-state index in [4.69, 9.17) is 27.9 Å². The van der Waals surface area contributed by atoms with E-state index >= 15 is 0 Å². The van der Waals surface area contributed by atoms with Gasteiger partial charge in [-0.05, 0) is 35.9 Å². The Hall–Kier alpha value is -1.68. The summed E-state index contributed by atoms with van der Waals surface area (Å²) in [6.07, 6.45) is -9.89. The summed E-state index contributed by atoms with van der Waals surface area (Å²) in [6, 6.07) is 5.67. The SMILES string of the molecule is FC(F)(F)c1cc(OCC(c2ccc(Cl)c(Cl)c2)N2CCNCC2)cc(C(F)(F)F)c1. The Labute approximate surface area is 184 Å². The molecule has 0 spiro atoms. The van der Waals surface area contributed by atoms with Gasteiger partial charge in [-0.15, -0.1) is 0 Å². The summed E-state index contributed by atoms with van der Waals surface area (Å²) < 4.78 is 84.1. The molecule has 0 saturated carbocycles. The number of halogens is 8. The molecule has 1 unspecified atom stereocenters. The fourth-order valence-corrected chi connectivity index (χ4v) is 3.62. The highest BCUT2D eigenvalue weighted by Crippen LogP contribution is 2.38. The van der Waals surface area contributed by atoms with Gasteiger partial charge in [0.25, 0.3) is 0 Å². The molecule has 1 N–H and O–H groups in total. The van der Waals surface area contributed by atoms with Gasteiger partial charge in [-0.25, -0.2) is 0 Å². The Kier molecular flexibility index (Phi) is 7.30. The Morgan fingerprint density at radius 2 is 1.45 bits per heavy atom. The van der Waals surface area contributed by atoms with Crippen LogP contribution in [0.3, 0.4) is 0 Å². The summed E-state index contributed by atoms with van der Waals surface area (Å²) in [4.78, 5) is 2.02. The first-order valence-electron chi connectivity index (χ1n) is 9.27. The van der Waals surface area contributed by atoms with Crippen molar-refractivity contribution >= 4 is 23.2 Å². The van der Waals surface area contributed by atoms with Crippen LogP contribution in [0.4, 0.5) is 26.3 Å². The lowest BCUT2D eigenvalue weighted by atomic mass is 10.0. The van der Waals surface area contributed by atoms with E-state index in [1.807, 2.05) is 4.90 Å². The van der Waals surface area contributed by atoms with Gasteiger partial charge in [0.1, 0.15) is 12.4 Å². The molecule has 1 saturated heterocycles. The molecule has 1 fully saturated rings. The number of nitrogens with one attached hydrogen (secondary N) is 1. The Balaban J connectivity index is 1.90. The molecule has 3 nitrogen and oxygen atoms in total. The topological polar surface area (TPSA) is 24.5 Å². The van der Waals surface area contributed by atoms with E-state index in [0.29, 0.717) is 48.9 Å². The van der Waals surface area contributed by atoms with Crippen LogP contribution in [-0.2, 0) is 12.4 Å². The normalized spacial score (nSPS) is 16.9. The second-order valence-corrected chi connectivity index (χ2v) is 7.84. The molecule has 31 heavy (non-hydrogen) atoms. The summed E-state index contributed by atoms with van der Waals surface area (Å²) in [5.41, 5.74) is -2.16. The van der Waals surface area contributed by atoms with E-state index in [0.717, 1.165) is 0 Å². The highest BCUT2D eigenvalue weighted by molar-refractivity contribution is 6.42. The van der Waals surface area contributed by atoms with Gasteiger partial charge in [-0.3, -0.25) is 4.90 Å². The highest BCUT2D eigenvalue weighted by Gasteiger charge is 2.37. The van der Waals surface area contributed by atoms with E-state index in [2.05, 4.69) is 5.32 Å². The monoisotopic (exact) mass is 486 g/mol. The first-order chi connectivity index (χ1) is 14.4. The predicted molar refractivity (Wildman–Crippen MR) is 106 cm³/mol. The third-order valence-corrected chi connectivity index (χ3v) is 5.63. The Morgan fingerprint density at radius 3 is 1.97 bits per heavy atom. The lowest BCUT2D eigenvalue weighted by Crippen LogP contribution is -2.46. The second kappa shape index (κ2) is 9.44. The van der Waals surface area contributed by atoms with Crippen molar-refractivity contribution in [2.24, 2.45) is 0 Å². The fraction of sp³-hybridized carbons (Fsp3) is 0.400. The first kappa shape index (κ1) is 24.0. The highest BCUT2D eigenvalue weighted by atomic mass is 35.5. The number of benzene rings is 2. The van der Waals surface area contributed by atoms with Crippen molar-refractivity contribution in [2.75, 3.05) is 32.8 Å². The van der Waals surface area contributed by atoms with Crippen molar-refractivity contribution in [1.82, 2.24) is 10.2 Å². The third kappa shape index (κ3) is 6.19. The summed E-state index contributed by atoms with van der Waals surface area (Å²) in [5.74, 6) is -0.512. The number of piperazine rings is 1. The van der Waals surface area contributed by atoms with Gasteiger partial charge in [-0.2, -0.15) is 26.3 Å². The molecule has 0 radical (unpaired) electrons. The average Bonchev–Trinajstić information content (AvgIpc) is 2.70. The van der Waals surface area contributed by atoms with Gasteiger partial charge in [0.2, 0.25) is 0 Å². The van der Waals surface area contributed by atoms with Crippen molar-refractivity contribution in [3.63, 3.8) is 0 Å². The average molecular weight is 487 g/mol. The standard InChI is InChI=1S/C20H18Cl2F6N2O/c21-16-2-1-12(7-17(16)22)18(30-5-3-29-4-6-30)11-31-15-9-13(19(23,24)25)8-14(10-15)20(26,27)28/h1-2,7-10,18,29H,3-6,11H2. The predicted octanol–water partition coefficient (Wildman–Crippen LogP) is 6.06. The van der Waals surface area contributed by atoms with Gasteiger partial charge < -0.3 is 10.1 Å². The van der Waals surface area contributed by atoms with E-state index in [1.165, 1.54) is 0 Å². The lowest BCUT2D eigenvalue weighted by Gasteiger charge is -2.35. The molecule has 2 aromatic carbocycles. The van der Waals surface area contributed by atoms with Gasteiger partial charge in [0.15, 0.2) is 0 Å². The van der Waals surface area contributed by atoms with E-state index in [9.17, 15) is 26.3 Å². The van der Waals surface area contributed by atoms with E-state index in [-0.39, 0.29) is 17.7 Å². The number of rotatable bonds is 5. The van der Waals surface area contributed by atoms with Crippen LogP contribution in [0.1, 0.15) is 22.7 Å². The van der Waals surface area contributed by atoms with Crippen LogP contribution in [0.2, 0.25) is 10.0 Å². The van der Waals surface area contributed by atoms with Crippen molar-refractivity contribution in [1.29, 1.82) is 0 Å². The van der Waals surface area contributed by atoms with Crippen LogP contribution >= 0.6 is 23.2 Å². The molecule has 0 aromatic heterocycles. The van der Waals surface area contributed by atoms with Gasteiger partial charge >= 0.3 is 12.4 Å². The number of hydrogen-bond donors (Lipinski definition) is 1. The molecule has 170 valence electrons. The molecule has 1 aliphatic heterocycles. The number of nitrogens with zero attached hydrogens (tertiary/aromatic N) is 1. The molecular formula is C20H18Cl2F6N2O. The van der Waals surface area contributed by atoms with Crippen LogP contribution in [0, 0.1) is 0 Å². The van der Waals surface area contributed by atoms with Gasteiger partial charge in [0, 0.05) is 26.2 Å². The van der Waals surface area contributed by atoms with E-state index < -0.39 is 35.3 Å².